The van der Waals surface area contributed by atoms with Gasteiger partial charge in [0, 0.05) is 5.56 Å². The van der Waals surface area contributed by atoms with Crippen molar-refractivity contribution in [2.75, 3.05) is 13.2 Å². The molecule has 1 unspecified atom stereocenters. The van der Waals surface area contributed by atoms with Gasteiger partial charge in [0.15, 0.2) is 0 Å². The molecule has 1 aliphatic heterocycles. The number of carbonyl (C=O) groups is 3. The first-order valence-electron chi connectivity index (χ1n) is 11.1. The number of alkyl halides is 3. The monoisotopic (exact) mass is 519 g/mol. The van der Waals surface area contributed by atoms with Crippen LogP contribution in [-0.2, 0) is 20.4 Å². The summed E-state index contributed by atoms with van der Waals surface area (Å²) >= 11 is 0. The van der Waals surface area contributed by atoms with Gasteiger partial charge in [-0.05, 0) is 52.8 Å². The van der Waals surface area contributed by atoms with E-state index in [-0.39, 0.29) is 24.5 Å². The van der Waals surface area contributed by atoms with Gasteiger partial charge in [-0.3, -0.25) is 14.5 Å². The van der Waals surface area contributed by atoms with Gasteiger partial charge < -0.3 is 25.7 Å². The molecule has 9 nitrogen and oxygen atoms in total. The van der Waals surface area contributed by atoms with Crippen LogP contribution in [0.25, 0.3) is 0 Å². The molecule has 1 saturated heterocycles. The fraction of sp³-hybridized carbons (Fsp3) is 0.542. The van der Waals surface area contributed by atoms with Crippen molar-refractivity contribution < 1.29 is 41.8 Å². The highest BCUT2D eigenvalue weighted by atomic mass is 19.4. The summed E-state index contributed by atoms with van der Waals surface area (Å²) in [5, 5.41) is 0. The number of rotatable bonds is 5. The zero-order chi connectivity index (χ0) is 28.5. The van der Waals surface area contributed by atoms with Crippen molar-refractivity contribution in [1.82, 2.24) is 4.90 Å². The van der Waals surface area contributed by atoms with Crippen molar-refractivity contribution in [1.29, 1.82) is 0 Å². The van der Waals surface area contributed by atoms with Gasteiger partial charge in [-0.2, -0.15) is 13.2 Å². The van der Waals surface area contributed by atoms with E-state index in [2.05, 4.69) is 6.58 Å². The average molecular weight is 520 g/mol. The van der Waals surface area contributed by atoms with E-state index < -0.39 is 47.0 Å². The number of nitrogens with two attached hydrogens (primary N) is 2. The van der Waals surface area contributed by atoms with E-state index in [0.29, 0.717) is 6.07 Å². The fourth-order valence-corrected chi connectivity index (χ4v) is 2.85. The molecule has 2 rings (SSSR count). The lowest BCUT2D eigenvalue weighted by atomic mass is 10.1. The Morgan fingerprint density at radius 3 is 2.17 bits per heavy atom. The van der Waals surface area contributed by atoms with Gasteiger partial charge in [0.1, 0.15) is 29.7 Å². The SMILES string of the molecule is C=CCOc1ccc(C(N)=O)cc1C(F)(F)F.CC.CC(C)(C)OC(=O)N1C(C(N)=O)COC1(C)C. The van der Waals surface area contributed by atoms with Gasteiger partial charge in [0.05, 0.1) is 12.2 Å². The van der Waals surface area contributed by atoms with Gasteiger partial charge >= 0.3 is 12.3 Å². The highest BCUT2D eigenvalue weighted by Crippen LogP contribution is 2.36. The van der Waals surface area contributed by atoms with Crippen LogP contribution in [0, 0.1) is 0 Å². The first-order valence-corrected chi connectivity index (χ1v) is 11.1. The minimum atomic E-state index is -4.61. The van der Waals surface area contributed by atoms with Crippen molar-refractivity contribution in [3.8, 4) is 5.75 Å². The van der Waals surface area contributed by atoms with E-state index in [0.717, 1.165) is 6.07 Å². The lowest BCUT2D eigenvalue weighted by molar-refractivity contribution is -0.138. The highest BCUT2D eigenvalue weighted by Gasteiger charge is 2.48. The Bertz CT molecular complexity index is 927. The molecule has 1 fully saturated rings. The third-order valence-electron chi connectivity index (χ3n) is 4.33. The summed E-state index contributed by atoms with van der Waals surface area (Å²) in [5.74, 6) is -1.88. The average Bonchev–Trinajstić information content (AvgIpc) is 3.07. The predicted octanol–water partition coefficient (Wildman–Crippen LogP) is 4.24. The summed E-state index contributed by atoms with van der Waals surface area (Å²) < 4.78 is 53.5. The normalized spacial score (nSPS) is 16.5. The zero-order valence-corrected chi connectivity index (χ0v) is 21.7. The van der Waals surface area contributed by atoms with Crippen LogP contribution in [0.5, 0.6) is 5.75 Å². The maximum Gasteiger partial charge on any atom is 0.419 e. The van der Waals surface area contributed by atoms with E-state index >= 15 is 0 Å². The second-order valence-corrected chi connectivity index (χ2v) is 8.70. The number of ether oxygens (including phenoxy) is 3. The topological polar surface area (TPSA) is 134 Å². The molecular formula is C24H36F3N3O6. The van der Waals surface area contributed by atoms with Gasteiger partial charge in [0.2, 0.25) is 11.8 Å². The fourth-order valence-electron chi connectivity index (χ4n) is 2.85. The van der Waals surface area contributed by atoms with Gasteiger partial charge in [-0.25, -0.2) is 4.79 Å². The lowest BCUT2D eigenvalue weighted by Gasteiger charge is -2.34. The minimum absolute atomic E-state index is 0.0565. The number of carbonyl (C=O) groups excluding carboxylic acids is 3. The number of primary amides is 2. The van der Waals surface area contributed by atoms with Crippen LogP contribution in [0.3, 0.4) is 0 Å². The minimum Gasteiger partial charge on any atom is -0.489 e. The van der Waals surface area contributed by atoms with E-state index in [1.165, 1.54) is 17.0 Å². The first kappa shape index (κ1) is 32.7. The zero-order valence-electron chi connectivity index (χ0n) is 21.7. The summed E-state index contributed by atoms with van der Waals surface area (Å²) in [6.45, 7) is 16.0. The van der Waals surface area contributed by atoms with E-state index in [1.807, 2.05) is 13.8 Å². The van der Waals surface area contributed by atoms with E-state index in [1.54, 1.807) is 34.6 Å². The van der Waals surface area contributed by atoms with Crippen LogP contribution >= 0.6 is 0 Å². The molecule has 0 spiro atoms. The predicted molar refractivity (Wildman–Crippen MR) is 128 cm³/mol. The number of hydrogen-bond donors (Lipinski definition) is 2. The Balaban J connectivity index is 0.000000637. The maximum absolute atomic E-state index is 12.7. The highest BCUT2D eigenvalue weighted by molar-refractivity contribution is 5.93. The van der Waals surface area contributed by atoms with Crippen LogP contribution in [0.1, 0.15) is 64.4 Å². The van der Waals surface area contributed by atoms with Crippen LogP contribution < -0.4 is 16.2 Å². The molecular weight excluding hydrogens is 483 g/mol. The summed E-state index contributed by atoms with van der Waals surface area (Å²) in [6.07, 6.45) is -3.88. The van der Waals surface area contributed by atoms with Gasteiger partial charge in [-0.1, -0.05) is 26.5 Å². The molecule has 12 heteroatoms. The van der Waals surface area contributed by atoms with Crippen molar-refractivity contribution in [2.24, 2.45) is 11.5 Å². The van der Waals surface area contributed by atoms with E-state index in [9.17, 15) is 27.6 Å². The number of amides is 3. The molecule has 36 heavy (non-hydrogen) atoms. The molecule has 0 bridgehead atoms. The quantitative estimate of drug-likeness (QED) is 0.559. The molecule has 3 amide bonds. The van der Waals surface area contributed by atoms with Crippen molar-refractivity contribution in [3.63, 3.8) is 0 Å². The Hall–Kier alpha value is -3.28. The Kier molecular flexibility index (Phi) is 11.9. The Labute approximate surface area is 209 Å². The molecule has 4 N–H and O–H groups in total. The molecule has 0 aromatic heterocycles. The lowest BCUT2D eigenvalue weighted by Crippen LogP contribution is -2.53. The molecule has 1 aromatic rings. The van der Waals surface area contributed by atoms with Crippen LogP contribution in [0.2, 0.25) is 0 Å². The largest absolute Gasteiger partial charge is 0.489 e. The standard InChI is InChI=1S/C11H10F3NO2.C11H20N2O4.C2H6/c1-2-5-17-9-4-3-7(10(15)16)6-8(9)11(12,13)14;1-10(2,3)17-9(15)13-7(8(12)14)6-16-11(13,4)5;1-2/h2-4,6H,1,5H2,(H2,15,16);7H,6H2,1-5H3,(H2,12,14);1-2H3. The Morgan fingerprint density at radius 1 is 1.19 bits per heavy atom. The second kappa shape index (κ2) is 13.1. The summed E-state index contributed by atoms with van der Waals surface area (Å²) in [5.41, 5.74) is 7.39. The molecule has 1 atom stereocenters. The van der Waals surface area contributed by atoms with Crippen molar-refractivity contribution in [2.45, 2.75) is 72.0 Å². The van der Waals surface area contributed by atoms with Gasteiger partial charge in [0.25, 0.3) is 0 Å². The molecule has 1 heterocycles. The summed E-state index contributed by atoms with van der Waals surface area (Å²) in [6, 6.07) is 2.13. The molecule has 1 aromatic carbocycles. The smallest absolute Gasteiger partial charge is 0.419 e. The number of halogens is 3. The molecule has 0 aliphatic carbocycles. The number of hydrogen-bond acceptors (Lipinski definition) is 6. The molecule has 1 aliphatic rings. The van der Waals surface area contributed by atoms with Crippen LogP contribution in [0.15, 0.2) is 30.9 Å². The third kappa shape index (κ3) is 9.76. The maximum atomic E-state index is 12.7. The third-order valence-corrected chi connectivity index (χ3v) is 4.33. The summed E-state index contributed by atoms with van der Waals surface area (Å²) in [7, 11) is 0. The second-order valence-electron chi connectivity index (χ2n) is 8.70. The van der Waals surface area contributed by atoms with E-state index in [4.69, 9.17) is 25.7 Å². The summed E-state index contributed by atoms with van der Waals surface area (Å²) in [4.78, 5) is 35.3. The molecule has 0 saturated carbocycles. The van der Waals surface area contributed by atoms with Gasteiger partial charge in [-0.15, -0.1) is 0 Å². The first-order chi connectivity index (χ1) is 16.4. The van der Waals surface area contributed by atoms with Crippen molar-refractivity contribution in [3.05, 3.63) is 42.0 Å². The van der Waals surface area contributed by atoms with Crippen molar-refractivity contribution >= 4 is 17.9 Å². The molecule has 0 radical (unpaired) electrons. The van der Waals surface area contributed by atoms with Crippen LogP contribution in [-0.4, -0.2) is 53.4 Å². The van der Waals surface area contributed by atoms with Crippen LogP contribution in [0.4, 0.5) is 18.0 Å². The Morgan fingerprint density at radius 2 is 1.75 bits per heavy atom. The number of nitrogens with zero attached hydrogens (tertiary/aromatic N) is 1. The number of benzene rings is 1. The molecule has 204 valence electrons.